The zero-order valence-corrected chi connectivity index (χ0v) is 19.1. The number of rotatable bonds is 7. The number of allylic oxidation sites excluding steroid dienone is 2. The first-order valence-corrected chi connectivity index (χ1v) is 11.0. The predicted molar refractivity (Wildman–Crippen MR) is 125 cm³/mol. The van der Waals surface area contributed by atoms with Crippen LogP contribution < -0.4 is 0 Å². The number of aryl methyl sites for hydroxylation is 2. The second-order valence-electron chi connectivity index (χ2n) is 7.74. The molecule has 1 amide bonds. The van der Waals surface area contributed by atoms with E-state index >= 15 is 0 Å². The zero-order valence-electron chi connectivity index (χ0n) is 19.1. The van der Waals surface area contributed by atoms with Crippen LogP contribution in [0.25, 0.3) is 11.4 Å². The summed E-state index contributed by atoms with van der Waals surface area (Å²) >= 11 is 0. The van der Waals surface area contributed by atoms with Crippen LogP contribution in [-0.4, -0.2) is 69.5 Å². The molecule has 170 valence electrons. The molecule has 2 aromatic rings. The standard InChI is InChI=1S/C24H31FN6O/c1-5-7-9-23(26-4)29-12-14-30(15-13-29)24(32)17-31-19(8-6-2)16-22(28-31)21-11-10-20(25)18(3)27-21/h5,7,9-11,16H,1,6,8,12-15,17H2,2-4H3/b9-7-,26-23?. The van der Waals surface area contributed by atoms with Gasteiger partial charge in [-0.3, -0.25) is 14.5 Å². The van der Waals surface area contributed by atoms with Gasteiger partial charge in [-0.15, -0.1) is 0 Å². The van der Waals surface area contributed by atoms with Crippen LogP contribution in [0.1, 0.15) is 24.7 Å². The Morgan fingerprint density at radius 1 is 1.22 bits per heavy atom. The van der Waals surface area contributed by atoms with Crippen molar-refractivity contribution in [1.29, 1.82) is 0 Å². The van der Waals surface area contributed by atoms with Gasteiger partial charge >= 0.3 is 0 Å². The van der Waals surface area contributed by atoms with Crippen LogP contribution in [0.15, 0.2) is 48.0 Å². The van der Waals surface area contributed by atoms with Gasteiger partial charge < -0.3 is 9.80 Å². The van der Waals surface area contributed by atoms with E-state index in [1.165, 1.54) is 6.07 Å². The summed E-state index contributed by atoms with van der Waals surface area (Å²) in [7, 11) is 1.77. The lowest BCUT2D eigenvalue weighted by atomic mass is 10.2. The molecule has 0 atom stereocenters. The van der Waals surface area contributed by atoms with Crippen molar-refractivity contribution in [2.45, 2.75) is 33.2 Å². The first-order valence-electron chi connectivity index (χ1n) is 11.0. The maximum atomic E-state index is 13.6. The van der Waals surface area contributed by atoms with Gasteiger partial charge in [0.25, 0.3) is 0 Å². The van der Waals surface area contributed by atoms with E-state index in [9.17, 15) is 9.18 Å². The van der Waals surface area contributed by atoms with E-state index < -0.39 is 0 Å². The fourth-order valence-corrected chi connectivity index (χ4v) is 3.75. The summed E-state index contributed by atoms with van der Waals surface area (Å²) in [4.78, 5) is 25.7. The molecule has 1 aliphatic rings. The highest BCUT2D eigenvalue weighted by Crippen LogP contribution is 2.20. The van der Waals surface area contributed by atoms with Gasteiger partial charge in [-0.05, 0) is 37.6 Å². The number of carbonyl (C=O) groups excluding carboxylic acids is 1. The van der Waals surface area contributed by atoms with Crippen molar-refractivity contribution in [2.24, 2.45) is 4.99 Å². The minimum Gasteiger partial charge on any atom is -0.353 e. The average Bonchev–Trinajstić information content (AvgIpc) is 3.19. The molecule has 0 radical (unpaired) electrons. The molecule has 0 aliphatic carbocycles. The molecule has 8 heteroatoms. The summed E-state index contributed by atoms with van der Waals surface area (Å²) in [5.74, 6) is 0.588. The Hall–Kier alpha value is -3.29. The number of amides is 1. The highest BCUT2D eigenvalue weighted by Gasteiger charge is 2.23. The molecule has 32 heavy (non-hydrogen) atoms. The molecule has 0 N–H and O–H groups in total. The molecule has 0 bridgehead atoms. The number of carbonyl (C=O) groups is 1. The molecule has 7 nitrogen and oxygen atoms in total. The van der Waals surface area contributed by atoms with Gasteiger partial charge in [0.05, 0.1) is 11.4 Å². The normalized spacial score (nSPS) is 14.9. The van der Waals surface area contributed by atoms with Gasteiger partial charge in [0.1, 0.15) is 23.9 Å². The first kappa shape index (κ1) is 23.4. The van der Waals surface area contributed by atoms with Crippen molar-refractivity contribution in [2.75, 3.05) is 33.2 Å². The summed E-state index contributed by atoms with van der Waals surface area (Å²) in [6.07, 6.45) is 7.26. The van der Waals surface area contributed by atoms with Gasteiger partial charge in [0, 0.05) is 38.9 Å². The van der Waals surface area contributed by atoms with Gasteiger partial charge in [-0.25, -0.2) is 9.37 Å². The van der Waals surface area contributed by atoms with Crippen LogP contribution >= 0.6 is 0 Å². The van der Waals surface area contributed by atoms with E-state index in [0.717, 1.165) is 37.5 Å². The number of pyridine rings is 1. The molecule has 0 aromatic carbocycles. The fourth-order valence-electron chi connectivity index (χ4n) is 3.75. The van der Waals surface area contributed by atoms with Crippen LogP contribution in [0.3, 0.4) is 0 Å². The molecule has 3 heterocycles. The van der Waals surface area contributed by atoms with E-state index in [4.69, 9.17) is 0 Å². The van der Waals surface area contributed by atoms with Crippen LogP contribution in [-0.2, 0) is 17.8 Å². The molecule has 0 saturated carbocycles. The number of halogens is 1. The van der Waals surface area contributed by atoms with Crippen LogP contribution in [0, 0.1) is 12.7 Å². The van der Waals surface area contributed by atoms with E-state index in [2.05, 4.69) is 33.5 Å². The molecular weight excluding hydrogens is 407 g/mol. The number of hydrogen-bond acceptors (Lipinski definition) is 4. The summed E-state index contributed by atoms with van der Waals surface area (Å²) in [5, 5.41) is 4.63. The molecule has 1 saturated heterocycles. The van der Waals surface area contributed by atoms with E-state index in [0.29, 0.717) is 30.2 Å². The van der Waals surface area contributed by atoms with E-state index in [1.54, 1.807) is 30.8 Å². The Morgan fingerprint density at radius 2 is 1.94 bits per heavy atom. The molecule has 2 aromatic heterocycles. The third kappa shape index (κ3) is 5.49. The molecule has 0 spiro atoms. The Kier molecular flexibility index (Phi) is 7.92. The Labute approximate surface area is 189 Å². The predicted octanol–water partition coefficient (Wildman–Crippen LogP) is 3.26. The minimum atomic E-state index is -0.340. The maximum absolute atomic E-state index is 13.6. The molecule has 0 unspecified atom stereocenters. The van der Waals surface area contributed by atoms with Crippen molar-refractivity contribution in [3.8, 4) is 11.4 Å². The van der Waals surface area contributed by atoms with Gasteiger partial charge in [-0.1, -0.05) is 32.1 Å². The summed E-state index contributed by atoms with van der Waals surface area (Å²) in [6, 6.07) is 4.97. The van der Waals surface area contributed by atoms with Gasteiger partial charge in [0.15, 0.2) is 0 Å². The second kappa shape index (κ2) is 10.8. The quantitative estimate of drug-likeness (QED) is 0.378. The Balaban J connectivity index is 1.69. The average molecular weight is 439 g/mol. The number of hydrogen-bond donors (Lipinski definition) is 0. The van der Waals surface area contributed by atoms with Crippen LogP contribution in [0.5, 0.6) is 0 Å². The second-order valence-corrected chi connectivity index (χ2v) is 7.74. The zero-order chi connectivity index (χ0) is 23.1. The number of piperazine rings is 1. The Morgan fingerprint density at radius 3 is 2.56 bits per heavy atom. The smallest absolute Gasteiger partial charge is 0.244 e. The van der Waals surface area contributed by atoms with Crippen LogP contribution in [0.2, 0.25) is 0 Å². The van der Waals surface area contributed by atoms with E-state index in [1.807, 2.05) is 23.1 Å². The fraction of sp³-hybridized carbons (Fsp3) is 0.417. The lowest BCUT2D eigenvalue weighted by molar-refractivity contribution is -0.133. The third-order valence-electron chi connectivity index (χ3n) is 5.51. The van der Waals surface area contributed by atoms with Crippen molar-refractivity contribution >= 4 is 11.7 Å². The molecule has 1 aliphatic heterocycles. The summed E-state index contributed by atoms with van der Waals surface area (Å²) in [6.45, 7) is 10.3. The summed E-state index contributed by atoms with van der Waals surface area (Å²) < 4.78 is 15.4. The maximum Gasteiger partial charge on any atom is 0.244 e. The lowest BCUT2D eigenvalue weighted by Crippen LogP contribution is -2.51. The van der Waals surface area contributed by atoms with Crippen molar-refractivity contribution in [1.82, 2.24) is 24.6 Å². The first-order chi connectivity index (χ1) is 15.5. The van der Waals surface area contributed by atoms with Crippen molar-refractivity contribution in [3.63, 3.8) is 0 Å². The monoisotopic (exact) mass is 438 g/mol. The number of aromatic nitrogens is 3. The topological polar surface area (TPSA) is 66.6 Å². The van der Waals surface area contributed by atoms with Crippen molar-refractivity contribution < 1.29 is 9.18 Å². The number of amidine groups is 1. The van der Waals surface area contributed by atoms with Crippen molar-refractivity contribution in [3.05, 3.63) is 60.2 Å². The highest BCUT2D eigenvalue weighted by atomic mass is 19.1. The third-order valence-corrected chi connectivity index (χ3v) is 5.51. The Bertz CT molecular complexity index is 1020. The van der Waals surface area contributed by atoms with E-state index in [-0.39, 0.29) is 18.3 Å². The SMILES string of the molecule is C=C/C=C\C(=NC)N1CCN(C(=O)Cn2nc(-c3ccc(F)c(C)n3)cc2CCC)CC1. The number of nitrogens with zero attached hydrogens (tertiary/aromatic N) is 6. The largest absolute Gasteiger partial charge is 0.353 e. The molecular formula is C24H31FN6O. The van der Waals surface area contributed by atoms with Crippen LogP contribution in [0.4, 0.5) is 4.39 Å². The molecule has 1 fully saturated rings. The highest BCUT2D eigenvalue weighted by molar-refractivity contribution is 5.93. The number of aliphatic imine (C=N–C) groups is 1. The minimum absolute atomic E-state index is 0.0384. The van der Waals surface area contributed by atoms with Gasteiger partial charge in [-0.2, -0.15) is 5.10 Å². The molecule has 3 rings (SSSR count). The van der Waals surface area contributed by atoms with Gasteiger partial charge in [0.2, 0.25) is 5.91 Å². The lowest BCUT2D eigenvalue weighted by Gasteiger charge is -2.36. The summed E-state index contributed by atoms with van der Waals surface area (Å²) in [5.41, 5.74) is 2.58.